The Balaban J connectivity index is 1.73. The van der Waals surface area contributed by atoms with E-state index >= 15 is 0 Å². The van der Waals surface area contributed by atoms with E-state index in [1.165, 1.54) is 0 Å². The second-order valence-corrected chi connectivity index (χ2v) is 9.85. The summed E-state index contributed by atoms with van der Waals surface area (Å²) < 4.78 is 7.22. The van der Waals surface area contributed by atoms with Crippen LogP contribution < -0.4 is 10.3 Å². The lowest BCUT2D eigenvalue weighted by molar-refractivity contribution is 0.0657. The van der Waals surface area contributed by atoms with Gasteiger partial charge in [-0.25, -0.2) is 4.98 Å². The van der Waals surface area contributed by atoms with Crippen molar-refractivity contribution in [2.75, 3.05) is 13.7 Å². The molecule has 5 rings (SSSR count). The van der Waals surface area contributed by atoms with Crippen LogP contribution in [-0.4, -0.2) is 34.0 Å². The summed E-state index contributed by atoms with van der Waals surface area (Å²) in [6, 6.07) is 27.8. The molecule has 4 aromatic carbocycles. The minimum Gasteiger partial charge on any atom is -0.495 e. The molecule has 1 amide bonds. The van der Waals surface area contributed by atoms with Gasteiger partial charge in [-0.05, 0) is 53.9 Å². The summed E-state index contributed by atoms with van der Waals surface area (Å²) in [7, 11) is 1.58. The third kappa shape index (κ3) is 4.54. The van der Waals surface area contributed by atoms with Crippen LogP contribution in [-0.2, 0) is 0 Å². The van der Waals surface area contributed by atoms with E-state index < -0.39 is 6.04 Å². The first kappa shape index (κ1) is 25.2. The lowest BCUT2D eigenvalue weighted by atomic mass is 10.0. The zero-order valence-corrected chi connectivity index (χ0v) is 22.1. The maximum atomic E-state index is 14.2. The van der Waals surface area contributed by atoms with Crippen LogP contribution in [0.1, 0.15) is 43.0 Å². The Kier molecular flexibility index (Phi) is 6.97. The molecular weight excluding hydrogens is 474 g/mol. The van der Waals surface area contributed by atoms with E-state index in [0.717, 1.165) is 10.8 Å². The third-order valence-corrected chi connectivity index (χ3v) is 6.81. The van der Waals surface area contributed by atoms with Gasteiger partial charge >= 0.3 is 0 Å². The summed E-state index contributed by atoms with van der Waals surface area (Å²) in [5.74, 6) is 1.13. The molecule has 6 nitrogen and oxygen atoms in total. The minimum atomic E-state index is -0.508. The molecule has 5 aromatic rings. The highest BCUT2D eigenvalue weighted by atomic mass is 16.5. The number of ether oxygens (including phenoxy) is 1. The number of carbonyl (C=O) groups excluding carboxylic acids is 1. The molecule has 6 heteroatoms. The first-order valence-electron chi connectivity index (χ1n) is 12.8. The average Bonchev–Trinajstić information content (AvgIpc) is 2.94. The summed E-state index contributed by atoms with van der Waals surface area (Å²) in [5.41, 5.74) is 1.60. The van der Waals surface area contributed by atoms with Gasteiger partial charge in [0.25, 0.3) is 11.5 Å². The molecule has 1 heterocycles. The normalized spacial score (nSPS) is 12.1. The molecule has 1 aromatic heterocycles. The Morgan fingerprint density at radius 2 is 1.53 bits per heavy atom. The van der Waals surface area contributed by atoms with Gasteiger partial charge in [0.2, 0.25) is 0 Å². The van der Waals surface area contributed by atoms with Crippen molar-refractivity contribution in [1.82, 2.24) is 14.5 Å². The Bertz CT molecular complexity index is 1680. The maximum absolute atomic E-state index is 14.2. The molecule has 0 aliphatic carbocycles. The molecule has 0 N–H and O–H groups in total. The number of benzene rings is 4. The fourth-order valence-electron chi connectivity index (χ4n) is 4.99. The molecular formula is C32H31N3O3. The van der Waals surface area contributed by atoms with Crippen LogP contribution in [0.25, 0.3) is 27.4 Å². The highest BCUT2D eigenvalue weighted by Crippen LogP contribution is 2.30. The lowest BCUT2D eigenvalue weighted by Gasteiger charge is -2.32. The average molecular weight is 506 g/mol. The van der Waals surface area contributed by atoms with Crippen LogP contribution in [0, 0.1) is 5.92 Å². The second-order valence-electron chi connectivity index (χ2n) is 9.85. The van der Waals surface area contributed by atoms with Crippen molar-refractivity contribution < 1.29 is 9.53 Å². The topological polar surface area (TPSA) is 64.4 Å². The number of fused-ring (bicyclic) bond motifs is 2. The zero-order valence-electron chi connectivity index (χ0n) is 22.1. The van der Waals surface area contributed by atoms with Crippen molar-refractivity contribution in [3.8, 4) is 11.4 Å². The monoisotopic (exact) mass is 505 g/mol. The Morgan fingerprint density at radius 1 is 0.868 bits per heavy atom. The van der Waals surface area contributed by atoms with Gasteiger partial charge in [-0.15, -0.1) is 0 Å². The predicted octanol–water partition coefficient (Wildman–Crippen LogP) is 6.41. The molecule has 0 aliphatic heterocycles. The number of carbonyl (C=O) groups is 1. The van der Waals surface area contributed by atoms with Gasteiger partial charge in [0.1, 0.15) is 11.6 Å². The molecule has 192 valence electrons. The number of methoxy groups -OCH3 is 1. The second kappa shape index (κ2) is 10.5. The molecule has 1 atom stereocenters. The molecule has 0 saturated carbocycles. The van der Waals surface area contributed by atoms with Crippen molar-refractivity contribution in [2.45, 2.75) is 26.8 Å². The van der Waals surface area contributed by atoms with E-state index in [1.807, 2.05) is 96.8 Å². The van der Waals surface area contributed by atoms with E-state index in [0.29, 0.717) is 40.3 Å². The van der Waals surface area contributed by atoms with Gasteiger partial charge in [-0.2, -0.15) is 0 Å². The predicted molar refractivity (Wildman–Crippen MR) is 152 cm³/mol. The fourth-order valence-corrected chi connectivity index (χ4v) is 4.99. The zero-order chi connectivity index (χ0) is 26.8. The molecule has 38 heavy (non-hydrogen) atoms. The van der Waals surface area contributed by atoms with Crippen LogP contribution in [0.3, 0.4) is 0 Å². The number of hydrogen-bond donors (Lipinski definition) is 0. The molecule has 0 radical (unpaired) electrons. The largest absolute Gasteiger partial charge is 0.495 e. The van der Waals surface area contributed by atoms with Gasteiger partial charge in [0.15, 0.2) is 0 Å². The van der Waals surface area contributed by atoms with E-state index in [1.54, 1.807) is 17.7 Å². The maximum Gasteiger partial charge on any atom is 0.266 e. The summed E-state index contributed by atoms with van der Waals surface area (Å²) in [6.45, 7) is 6.60. The van der Waals surface area contributed by atoms with Crippen LogP contribution in [0.2, 0.25) is 0 Å². The van der Waals surface area contributed by atoms with Crippen molar-refractivity contribution in [3.63, 3.8) is 0 Å². The number of nitrogens with zero attached hydrogens (tertiary/aromatic N) is 3. The number of hydrogen-bond acceptors (Lipinski definition) is 4. The number of rotatable bonds is 7. The Hall–Kier alpha value is -4.45. The highest BCUT2D eigenvalue weighted by Gasteiger charge is 2.29. The van der Waals surface area contributed by atoms with Gasteiger partial charge in [0, 0.05) is 12.1 Å². The smallest absolute Gasteiger partial charge is 0.266 e. The summed E-state index contributed by atoms with van der Waals surface area (Å²) in [6.07, 6.45) is 0. The summed E-state index contributed by atoms with van der Waals surface area (Å²) in [4.78, 5) is 35.0. The number of para-hydroxylation sites is 3. The molecule has 0 saturated heterocycles. The molecule has 0 aliphatic rings. The van der Waals surface area contributed by atoms with E-state index in [9.17, 15) is 9.59 Å². The van der Waals surface area contributed by atoms with Crippen LogP contribution in [0.5, 0.6) is 5.75 Å². The Morgan fingerprint density at radius 3 is 2.29 bits per heavy atom. The molecule has 0 bridgehead atoms. The summed E-state index contributed by atoms with van der Waals surface area (Å²) >= 11 is 0. The minimum absolute atomic E-state index is 0.100. The van der Waals surface area contributed by atoms with Gasteiger partial charge < -0.3 is 9.64 Å². The van der Waals surface area contributed by atoms with Crippen molar-refractivity contribution in [3.05, 3.63) is 113 Å². The van der Waals surface area contributed by atoms with Crippen LogP contribution in [0.4, 0.5) is 0 Å². The number of aromatic nitrogens is 2. The van der Waals surface area contributed by atoms with Gasteiger partial charge in [-0.3, -0.25) is 14.2 Å². The third-order valence-electron chi connectivity index (χ3n) is 6.81. The summed E-state index contributed by atoms with van der Waals surface area (Å²) in [5, 5.41) is 2.41. The quantitative estimate of drug-likeness (QED) is 0.257. The standard InChI is InChI=1S/C32H31N3O3/c1-21(2)20-34(31(36)25-16-11-13-23-12-5-6-14-24(23)25)22(3)30-33-27-17-8-7-15-26(27)32(37)35(30)28-18-9-10-19-29(28)38-4/h5-19,21-22H,20H2,1-4H3. The number of amides is 1. The van der Waals surface area contributed by atoms with Crippen molar-refractivity contribution in [1.29, 1.82) is 0 Å². The fraction of sp³-hybridized carbons (Fsp3) is 0.219. The van der Waals surface area contributed by atoms with Crippen molar-refractivity contribution >= 4 is 27.6 Å². The first-order valence-corrected chi connectivity index (χ1v) is 12.8. The van der Waals surface area contributed by atoms with Crippen molar-refractivity contribution in [2.24, 2.45) is 5.92 Å². The van der Waals surface area contributed by atoms with E-state index in [4.69, 9.17) is 9.72 Å². The molecule has 0 spiro atoms. The van der Waals surface area contributed by atoms with Gasteiger partial charge in [-0.1, -0.05) is 74.5 Å². The van der Waals surface area contributed by atoms with Gasteiger partial charge in [0.05, 0.1) is 29.7 Å². The lowest BCUT2D eigenvalue weighted by Crippen LogP contribution is -2.39. The Labute approximate surface area is 222 Å². The first-order chi connectivity index (χ1) is 18.4. The SMILES string of the molecule is COc1ccccc1-n1c(C(C)N(CC(C)C)C(=O)c2cccc3ccccc23)nc2ccccc2c1=O. The molecule has 0 fully saturated rings. The van der Waals surface area contributed by atoms with E-state index in [-0.39, 0.29) is 17.4 Å². The molecule has 1 unspecified atom stereocenters. The van der Waals surface area contributed by atoms with E-state index in [2.05, 4.69) is 13.8 Å². The highest BCUT2D eigenvalue weighted by molar-refractivity contribution is 6.07. The van der Waals surface area contributed by atoms with Crippen LogP contribution >= 0.6 is 0 Å². The van der Waals surface area contributed by atoms with Crippen LogP contribution in [0.15, 0.2) is 95.8 Å².